The van der Waals surface area contributed by atoms with E-state index < -0.39 is 6.10 Å². The summed E-state index contributed by atoms with van der Waals surface area (Å²) in [4.78, 5) is 23.6. The Bertz CT molecular complexity index is 479. The quantitative estimate of drug-likeness (QED) is 0.673. The molecule has 1 heterocycles. The molecule has 0 aromatic rings. The van der Waals surface area contributed by atoms with Crippen LogP contribution in [0, 0.1) is 23.7 Å². The van der Waals surface area contributed by atoms with Crippen molar-refractivity contribution in [2.45, 2.75) is 45.8 Å². The number of ether oxygens (including phenoxy) is 1. The third kappa shape index (κ3) is 1.69. The summed E-state index contributed by atoms with van der Waals surface area (Å²) < 4.78 is 5.42. The molecule has 0 unspecified atom stereocenters. The smallest absolute Gasteiger partial charge is 0.309 e. The summed E-state index contributed by atoms with van der Waals surface area (Å²) in [5, 5.41) is 10.7. The van der Waals surface area contributed by atoms with E-state index in [1.165, 1.54) is 0 Å². The van der Waals surface area contributed by atoms with Gasteiger partial charge >= 0.3 is 5.97 Å². The molecule has 2 fully saturated rings. The van der Waals surface area contributed by atoms with Gasteiger partial charge in [-0.1, -0.05) is 19.4 Å². The van der Waals surface area contributed by atoms with Crippen LogP contribution in [0.5, 0.6) is 0 Å². The Morgan fingerprint density at radius 3 is 2.63 bits per heavy atom. The molecule has 104 valence electrons. The van der Waals surface area contributed by atoms with Crippen LogP contribution in [0.2, 0.25) is 0 Å². The maximum atomic E-state index is 11.9. The van der Waals surface area contributed by atoms with Crippen molar-refractivity contribution in [3.05, 3.63) is 11.1 Å². The summed E-state index contributed by atoms with van der Waals surface area (Å²) in [7, 11) is 0. The minimum atomic E-state index is -0.646. The molecular formula is C15H20O4. The first-order valence-electron chi connectivity index (χ1n) is 7.04. The van der Waals surface area contributed by atoms with Crippen LogP contribution >= 0.6 is 0 Å². The zero-order valence-corrected chi connectivity index (χ0v) is 11.6. The minimum absolute atomic E-state index is 0.116. The van der Waals surface area contributed by atoms with Gasteiger partial charge < -0.3 is 9.84 Å². The molecule has 2 aliphatic carbocycles. The SMILES string of the molecule is CC1=C2[C@@H](C)C[C@H]3OC(=O)[C@@H](C)[C@H]3[C@H](O)[C@H]2CC1=O. The lowest BCUT2D eigenvalue weighted by Gasteiger charge is -2.26. The summed E-state index contributed by atoms with van der Waals surface area (Å²) in [5.74, 6) is -0.440. The van der Waals surface area contributed by atoms with E-state index in [0.29, 0.717) is 12.8 Å². The highest BCUT2D eigenvalue weighted by Gasteiger charge is 2.53. The van der Waals surface area contributed by atoms with Gasteiger partial charge in [0.15, 0.2) is 5.78 Å². The van der Waals surface area contributed by atoms with Crippen molar-refractivity contribution in [3.8, 4) is 0 Å². The lowest BCUT2D eigenvalue weighted by atomic mass is 9.80. The molecule has 0 radical (unpaired) electrons. The molecule has 0 bridgehead atoms. The van der Waals surface area contributed by atoms with E-state index in [-0.39, 0.29) is 41.5 Å². The number of aliphatic hydroxyl groups is 1. The second-order valence-electron chi connectivity index (χ2n) is 6.28. The van der Waals surface area contributed by atoms with Crippen LogP contribution in [0.1, 0.15) is 33.6 Å². The number of hydrogen-bond acceptors (Lipinski definition) is 4. The molecule has 1 saturated carbocycles. The van der Waals surface area contributed by atoms with Crippen molar-refractivity contribution in [1.29, 1.82) is 0 Å². The number of carbonyl (C=O) groups is 2. The molecular weight excluding hydrogens is 244 g/mol. The predicted molar refractivity (Wildman–Crippen MR) is 68.1 cm³/mol. The number of Topliss-reactive ketones (excluding diaryl/α,β-unsaturated/α-hetero) is 1. The fourth-order valence-corrected chi connectivity index (χ4v) is 4.22. The van der Waals surface area contributed by atoms with Crippen LogP contribution < -0.4 is 0 Å². The first-order valence-corrected chi connectivity index (χ1v) is 7.04. The van der Waals surface area contributed by atoms with Crippen LogP contribution in [-0.2, 0) is 14.3 Å². The second-order valence-corrected chi connectivity index (χ2v) is 6.28. The van der Waals surface area contributed by atoms with Gasteiger partial charge in [0.25, 0.3) is 0 Å². The van der Waals surface area contributed by atoms with E-state index >= 15 is 0 Å². The first kappa shape index (κ1) is 12.9. The van der Waals surface area contributed by atoms with Crippen LogP contribution in [0.15, 0.2) is 11.1 Å². The van der Waals surface area contributed by atoms with E-state index in [1.54, 1.807) is 0 Å². The standard InChI is InChI=1S/C15H20O4/c1-6-4-11-13(8(3)15(18)19-11)14(17)9-5-10(16)7(2)12(6)9/h6,8-9,11,13-14,17H,4-5H2,1-3H3/t6-,8-,9-,11+,13+,14+/m0/s1. The molecule has 3 aliphatic rings. The average molecular weight is 264 g/mol. The van der Waals surface area contributed by atoms with Crippen molar-refractivity contribution in [2.75, 3.05) is 0 Å². The summed E-state index contributed by atoms with van der Waals surface area (Å²) in [6.07, 6.45) is 0.256. The molecule has 1 saturated heterocycles. The third-order valence-electron chi connectivity index (χ3n) is 5.23. The number of ketones is 1. The number of rotatable bonds is 0. The lowest BCUT2D eigenvalue weighted by Crippen LogP contribution is -2.35. The van der Waals surface area contributed by atoms with Crippen LogP contribution in [0.3, 0.4) is 0 Å². The molecule has 6 atom stereocenters. The molecule has 4 nitrogen and oxygen atoms in total. The normalized spacial score (nSPS) is 45.9. The van der Waals surface area contributed by atoms with Gasteiger partial charge in [-0.25, -0.2) is 0 Å². The zero-order valence-electron chi connectivity index (χ0n) is 11.6. The lowest BCUT2D eigenvalue weighted by molar-refractivity contribution is -0.144. The van der Waals surface area contributed by atoms with Gasteiger partial charge in [0.1, 0.15) is 6.10 Å². The Kier molecular flexibility index (Phi) is 2.82. The van der Waals surface area contributed by atoms with E-state index in [2.05, 4.69) is 6.92 Å². The van der Waals surface area contributed by atoms with Gasteiger partial charge in [-0.3, -0.25) is 9.59 Å². The highest BCUT2D eigenvalue weighted by molar-refractivity contribution is 5.98. The highest BCUT2D eigenvalue weighted by atomic mass is 16.6. The Hall–Kier alpha value is -1.16. The van der Waals surface area contributed by atoms with Crippen LogP contribution in [-0.4, -0.2) is 29.1 Å². The molecule has 1 aliphatic heterocycles. The van der Waals surface area contributed by atoms with Crippen molar-refractivity contribution < 1.29 is 19.4 Å². The van der Waals surface area contributed by atoms with E-state index in [4.69, 9.17) is 4.74 Å². The maximum absolute atomic E-state index is 11.9. The molecule has 4 heteroatoms. The van der Waals surface area contributed by atoms with E-state index in [9.17, 15) is 14.7 Å². The van der Waals surface area contributed by atoms with E-state index in [0.717, 1.165) is 11.1 Å². The van der Waals surface area contributed by atoms with E-state index in [1.807, 2.05) is 13.8 Å². The van der Waals surface area contributed by atoms with Gasteiger partial charge in [0, 0.05) is 18.3 Å². The topological polar surface area (TPSA) is 63.6 Å². The largest absolute Gasteiger partial charge is 0.462 e. The van der Waals surface area contributed by atoms with Gasteiger partial charge in [0.2, 0.25) is 0 Å². The van der Waals surface area contributed by atoms with Crippen LogP contribution in [0.25, 0.3) is 0 Å². The summed E-state index contributed by atoms with van der Waals surface area (Å²) in [6, 6.07) is 0. The van der Waals surface area contributed by atoms with Crippen molar-refractivity contribution >= 4 is 11.8 Å². The fraction of sp³-hybridized carbons (Fsp3) is 0.733. The molecule has 3 rings (SSSR count). The Morgan fingerprint density at radius 2 is 1.95 bits per heavy atom. The fourth-order valence-electron chi connectivity index (χ4n) is 4.22. The first-order chi connectivity index (χ1) is 8.91. The van der Waals surface area contributed by atoms with Gasteiger partial charge in [0.05, 0.1) is 12.0 Å². The highest BCUT2D eigenvalue weighted by Crippen LogP contribution is 2.48. The molecule has 0 aromatic carbocycles. The molecule has 1 N–H and O–H groups in total. The average Bonchev–Trinajstić information content (AvgIpc) is 2.75. The number of esters is 1. The number of hydrogen-bond donors (Lipinski definition) is 1. The predicted octanol–water partition coefficient (Wildman–Crippen LogP) is 1.47. The Morgan fingerprint density at radius 1 is 1.26 bits per heavy atom. The van der Waals surface area contributed by atoms with Gasteiger partial charge in [-0.15, -0.1) is 0 Å². The number of aliphatic hydroxyl groups excluding tert-OH is 1. The number of carbonyl (C=O) groups excluding carboxylic acids is 2. The van der Waals surface area contributed by atoms with Crippen LogP contribution in [0.4, 0.5) is 0 Å². The number of fused-ring (bicyclic) bond motifs is 2. The molecule has 0 amide bonds. The van der Waals surface area contributed by atoms with Crippen molar-refractivity contribution in [3.63, 3.8) is 0 Å². The molecule has 0 spiro atoms. The minimum Gasteiger partial charge on any atom is -0.462 e. The van der Waals surface area contributed by atoms with Crippen molar-refractivity contribution in [2.24, 2.45) is 23.7 Å². The second kappa shape index (κ2) is 4.17. The molecule has 0 aromatic heterocycles. The molecule has 19 heavy (non-hydrogen) atoms. The summed E-state index contributed by atoms with van der Waals surface area (Å²) >= 11 is 0. The Balaban J connectivity index is 2.02. The Labute approximate surface area is 112 Å². The van der Waals surface area contributed by atoms with Crippen molar-refractivity contribution in [1.82, 2.24) is 0 Å². The van der Waals surface area contributed by atoms with Gasteiger partial charge in [-0.2, -0.15) is 0 Å². The monoisotopic (exact) mass is 264 g/mol. The maximum Gasteiger partial charge on any atom is 0.309 e. The summed E-state index contributed by atoms with van der Waals surface area (Å²) in [5.41, 5.74) is 1.91. The third-order valence-corrected chi connectivity index (χ3v) is 5.23. The van der Waals surface area contributed by atoms with Gasteiger partial charge in [-0.05, 0) is 24.8 Å². The number of allylic oxidation sites excluding steroid dienone is 1. The summed E-state index contributed by atoms with van der Waals surface area (Å²) in [6.45, 7) is 5.74. The zero-order chi connectivity index (χ0) is 13.9.